The van der Waals surface area contributed by atoms with Gasteiger partial charge in [0.05, 0.1) is 16.1 Å². The van der Waals surface area contributed by atoms with E-state index in [0.717, 1.165) is 14.4 Å². The van der Waals surface area contributed by atoms with Gasteiger partial charge in [-0.15, -0.1) is 11.3 Å². The number of hydrogen-bond acceptors (Lipinski definition) is 6. The van der Waals surface area contributed by atoms with Crippen LogP contribution in [0.25, 0.3) is 21.9 Å². The van der Waals surface area contributed by atoms with Gasteiger partial charge in [-0.3, -0.25) is 9.59 Å². The van der Waals surface area contributed by atoms with Gasteiger partial charge in [-0.25, -0.2) is 4.68 Å². The van der Waals surface area contributed by atoms with Crippen molar-refractivity contribution in [3.8, 4) is 21.9 Å². The lowest BCUT2D eigenvalue weighted by atomic mass is 10.1. The van der Waals surface area contributed by atoms with E-state index in [1.54, 1.807) is 13.0 Å². The molecule has 0 aliphatic rings. The average Bonchev–Trinajstić information content (AvgIpc) is 3.09. The lowest BCUT2D eigenvalue weighted by Crippen LogP contribution is -2.30. The molecule has 3 aromatic rings. The first-order chi connectivity index (χ1) is 10.9. The minimum Gasteiger partial charge on any atom is -0.368 e. The Labute approximate surface area is 135 Å². The lowest BCUT2D eigenvalue weighted by Gasteiger charge is -2.08. The van der Waals surface area contributed by atoms with Gasteiger partial charge in [0.25, 0.3) is 5.56 Å². The highest BCUT2D eigenvalue weighted by atomic mass is 32.1. The minimum absolute atomic E-state index is 0.272. The molecule has 0 aliphatic carbocycles. The number of primary amides is 1. The summed E-state index contributed by atoms with van der Waals surface area (Å²) in [6, 6.07) is 6.99. The fourth-order valence-electron chi connectivity index (χ4n) is 2.17. The molecule has 1 amide bonds. The van der Waals surface area contributed by atoms with Gasteiger partial charge in [0.15, 0.2) is 5.76 Å². The molecule has 2 N–H and O–H groups in total. The summed E-state index contributed by atoms with van der Waals surface area (Å²) in [7, 11) is 0. The molecule has 3 rings (SSSR count). The first kappa shape index (κ1) is 15.2. The molecule has 23 heavy (non-hydrogen) atoms. The summed E-state index contributed by atoms with van der Waals surface area (Å²) in [6.07, 6.45) is 0. The van der Waals surface area contributed by atoms with E-state index in [0.29, 0.717) is 22.7 Å². The van der Waals surface area contributed by atoms with Crippen LogP contribution in [-0.4, -0.2) is 20.8 Å². The van der Waals surface area contributed by atoms with Crippen LogP contribution < -0.4 is 11.3 Å². The number of nitrogens with two attached hydrogens (primary N) is 1. The van der Waals surface area contributed by atoms with E-state index in [9.17, 15) is 9.59 Å². The van der Waals surface area contributed by atoms with Crippen LogP contribution in [0.1, 0.15) is 10.6 Å². The second kappa shape index (κ2) is 5.81. The molecule has 0 spiro atoms. The molecule has 0 atom stereocenters. The number of amides is 1. The monoisotopic (exact) mass is 330 g/mol. The van der Waals surface area contributed by atoms with Gasteiger partial charge >= 0.3 is 0 Å². The molecule has 0 radical (unpaired) electrons. The number of aryl methyl sites for hydroxylation is 2. The summed E-state index contributed by atoms with van der Waals surface area (Å²) in [6.45, 7) is 3.50. The molecule has 118 valence electrons. The zero-order valence-corrected chi connectivity index (χ0v) is 13.4. The molecule has 0 fully saturated rings. The number of hydrogen-bond donors (Lipinski definition) is 1. The van der Waals surface area contributed by atoms with Crippen LogP contribution in [0.4, 0.5) is 0 Å². The van der Waals surface area contributed by atoms with Crippen molar-refractivity contribution in [2.24, 2.45) is 5.73 Å². The number of rotatable bonds is 4. The second-order valence-electron chi connectivity index (χ2n) is 5.11. The van der Waals surface area contributed by atoms with Gasteiger partial charge in [0, 0.05) is 17.0 Å². The van der Waals surface area contributed by atoms with Gasteiger partial charge in [-0.1, -0.05) is 5.16 Å². The van der Waals surface area contributed by atoms with Crippen LogP contribution in [0.5, 0.6) is 0 Å². The highest BCUT2D eigenvalue weighted by Crippen LogP contribution is 2.33. The zero-order chi connectivity index (χ0) is 16.6. The van der Waals surface area contributed by atoms with Crippen LogP contribution in [0.3, 0.4) is 0 Å². The molecule has 0 bridgehead atoms. The van der Waals surface area contributed by atoms with E-state index in [4.69, 9.17) is 10.3 Å². The normalized spacial score (nSPS) is 10.9. The summed E-state index contributed by atoms with van der Waals surface area (Å²) in [4.78, 5) is 25.3. The molecule has 3 heterocycles. The van der Waals surface area contributed by atoms with Crippen LogP contribution in [-0.2, 0) is 11.3 Å². The summed E-state index contributed by atoms with van der Waals surface area (Å²) in [5, 5.41) is 8.16. The maximum absolute atomic E-state index is 12.2. The molecule has 0 saturated carbocycles. The zero-order valence-electron chi connectivity index (χ0n) is 12.6. The Morgan fingerprint density at radius 2 is 2.13 bits per heavy atom. The summed E-state index contributed by atoms with van der Waals surface area (Å²) in [5.74, 6) is -0.171. The smallest absolute Gasteiger partial charge is 0.267 e. The van der Waals surface area contributed by atoms with Gasteiger partial charge in [-0.2, -0.15) is 5.10 Å². The number of carbonyl (C=O) groups excluding carboxylic acids is 1. The van der Waals surface area contributed by atoms with Gasteiger partial charge in [-0.05, 0) is 26.0 Å². The molecule has 3 aromatic heterocycles. The summed E-state index contributed by atoms with van der Waals surface area (Å²) in [5.41, 5.74) is 6.55. The third-order valence-corrected chi connectivity index (χ3v) is 4.18. The number of thiophene rings is 1. The van der Waals surface area contributed by atoms with Gasteiger partial charge < -0.3 is 10.3 Å². The van der Waals surface area contributed by atoms with Crippen molar-refractivity contribution in [2.45, 2.75) is 20.4 Å². The Morgan fingerprint density at radius 3 is 2.70 bits per heavy atom. The van der Waals surface area contributed by atoms with Crippen molar-refractivity contribution in [1.29, 1.82) is 0 Å². The SMILES string of the molecule is Cc1cc(-c2cc(=O)n(CC(N)=O)nc2-c2ccc(C)s2)on1. The Morgan fingerprint density at radius 1 is 1.35 bits per heavy atom. The van der Waals surface area contributed by atoms with E-state index >= 15 is 0 Å². The summed E-state index contributed by atoms with van der Waals surface area (Å²) < 4.78 is 6.33. The molecule has 0 aromatic carbocycles. The topological polar surface area (TPSA) is 104 Å². The lowest BCUT2D eigenvalue weighted by molar-refractivity contribution is -0.118. The number of nitrogens with zero attached hydrogens (tertiary/aromatic N) is 3. The molecule has 0 saturated heterocycles. The van der Waals surface area contributed by atoms with E-state index in [2.05, 4.69) is 10.3 Å². The number of aromatic nitrogens is 3. The van der Waals surface area contributed by atoms with E-state index in [1.165, 1.54) is 17.4 Å². The Hall–Kier alpha value is -2.74. The Kier molecular flexibility index (Phi) is 3.83. The van der Waals surface area contributed by atoms with Crippen molar-refractivity contribution < 1.29 is 9.32 Å². The first-order valence-corrected chi connectivity index (χ1v) is 7.66. The van der Waals surface area contributed by atoms with Crippen molar-refractivity contribution >= 4 is 17.2 Å². The minimum atomic E-state index is -0.629. The Bertz CT molecular complexity index is 938. The molecular weight excluding hydrogens is 316 g/mol. The predicted molar refractivity (Wildman–Crippen MR) is 86.0 cm³/mol. The highest BCUT2D eigenvalue weighted by Gasteiger charge is 2.18. The second-order valence-corrected chi connectivity index (χ2v) is 6.40. The molecule has 8 heteroatoms. The van der Waals surface area contributed by atoms with Crippen LogP contribution in [0.15, 0.2) is 33.6 Å². The van der Waals surface area contributed by atoms with Crippen molar-refractivity contribution in [3.63, 3.8) is 0 Å². The van der Waals surface area contributed by atoms with Crippen LogP contribution in [0.2, 0.25) is 0 Å². The standard InChI is InChI=1S/C15H14N4O3S/c1-8-5-11(22-18-8)10-6-14(21)19(7-13(16)20)17-15(10)12-4-3-9(2)23-12/h3-6H,7H2,1-2H3,(H2,16,20). The quantitative estimate of drug-likeness (QED) is 0.784. The van der Waals surface area contributed by atoms with Crippen molar-refractivity contribution in [2.75, 3.05) is 0 Å². The Balaban J connectivity index is 2.23. The van der Waals surface area contributed by atoms with Crippen molar-refractivity contribution in [3.05, 3.63) is 45.2 Å². The fourth-order valence-corrected chi connectivity index (χ4v) is 3.04. The van der Waals surface area contributed by atoms with E-state index < -0.39 is 11.5 Å². The average molecular weight is 330 g/mol. The molecular formula is C15H14N4O3S. The third-order valence-electron chi connectivity index (χ3n) is 3.17. The van der Waals surface area contributed by atoms with Crippen molar-refractivity contribution in [1.82, 2.24) is 14.9 Å². The maximum Gasteiger partial charge on any atom is 0.267 e. The van der Waals surface area contributed by atoms with Gasteiger partial charge in [0.1, 0.15) is 12.2 Å². The highest BCUT2D eigenvalue weighted by molar-refractivity contribution is 7.15. The summed E-state index contributed by atoms with van der Waals surface area (Å²) >= 11 is 1.53. The van der Waals surface area contributed by atoms with E-state index in [1.807, 2.05) is 19.1 Å². The number of carbonyl (C=O) groups is 1. The van der Waals surface area contributed by atoms with Crippen LogP contribution >= 0.6 is 11.3 Å². The predicted octanol–water partition coefficient (Wildman–Crippen LogP) is 1.73. The molecule has 7 nitrogen and oxygen atoms in total. The molecule has 0 aliphatic heterocycles. The van der Waals surface area contributed by atoms with E-state index in [-0.39, 0.29) is 6.54 Å². The molecule has 0 unspecified atom stereocenters. The van der Waals surface area contributed by atoms with Crippen LogP contribution in [0, 0.1) is 13.8 Å². The maximum atomic E-state index is 12.2. The fraction of sp³-hybridized carbons (Fsp3) is 0.200. The van der Waals surface area contributed by atoms with Gasteiger partial charge in [0.2, 0.25) is 5.91 Å². The third kappa shape index (κ3) is 3.07. The first-order valence-electron chi connectivity index (χ1n) is 6.85. The largest absolute Gasteiger partial charge is 0.368 e.